The molecule has 1 fully saturated rings. The molecule has 0 saturated carbocycles. The number of imidazole rings is 1. The van der Waals surface area contributed by atoms with E-state index in [4.69, 9.17) is 5.73 Å². The molecule has 1 aliphatic heterocycles. The largest absolute Gasteiger partial charge is 0.481 e. The van der Waals surface area contributed by atoms with Gasteiger partial charge in [0.25, 0.3) is 0 Å². The van der Waals surface area contributed by atoms with E-state index in [1.54, 1.807) is 84.3 Å². The van der Waals surface area contributed by atoms with Gasteiger partial charge in [-0.1, -0.05) is 77.9 Å². The predicted octanol–water partition coefficient (Wildman–Crippen LogP) is 1.38. The monoisotopic (exact) mass is 1460 g/mol. The number of aromatic amines is 3. The number of H-pyrrole nitrogens is 3. The van der Waals surface area contributed by atoms with Crippen LogP contribution in [0.25, 0.3) is 21.8 Å². The van der Waals surface area contributed by atoms with Crippen LogP contribution >= 0.6 is 11.8 Å². The van der Waals surface area contributed by atoms with Crippen molar-refractivity contribution in [3.8, 4) is 0 Å². The molecule has 0 spiro atoms. The number of aliphatic hydroxyl groups excluding tert-OH is 1. The Morgan fingerprint density at radius 2 is 1.11 bits per heavy atom. The first-order valence-corrected chi connectivity index (χ1v) is 36.4. The molecule has 0 aliphatic carbocycles. The minimum Gasteiger partial charge on any atom is -0.481 e. The van der Waals surface area contributed by atoms with Gasteiger partial charge >= 0.3 is 5.97 Å². The molecule has 0 bridgehead atoms. The molecule has 0 radical (unpaired) electrons. The summed E-state index contributed by atoms with van der Waals surface area (Å²) in [5, 5.41) is 52.0. The number of nitrogens with two attached hydrogens (primary N) is 1. The fraction of sp³-hybridized carbons (Fsp3) is 0.556. The second kappa shape index (κ2) is 39.3. The average Bonchev–Trinajstić information content (AvgIpc) is 1.63. The number of nitrogens with one attached hydrogen (secondary N) is 14. The van der Waals surface area contributed by atoms with Gasteiger partial charge in [-0.15, -0.1) is 0 Å². The quantitative estimate of drug-likeness (QED) is 0.0555. The Morgan fingerprint density at radius 3 is 1.64 bits per heavy atom. The van der Waals surface area contributed by atoms with Gasteiger partial charge in [-0.25, -0.2) is 4.98 Å². The molecule has 32 heteroatoms. The topological polar surface area (TPSA) is 481 Å². The highest BCUT2D eigenvalue weighted by molar-refractivity contribution is 7.99. The van der Waals surface area contributed by atoms with Gasteiger partial charge < -0.3 is 89.4 Å². The molecule has 1 saturated heterocycles. The summed E-state index contributed by atoms with van der Waals surface area (Å²) in [6, 6.07) is -0.744. The molecule has 1 aliphatic rings. The Bertz CT molecular complexity index is 3810. The van der Waals surface area contributed by atoms with Crippen molar-refractivity contribution < 1.29 is 72.5 Å². The zero-order chi connectivity index (χ0) is 76.7. The maximum atomic E-state index is 15.0. The summed E-state index contributed by atoms with van der Waals surface area (Å²) < 4.78 is 0. The molecule has 3 aromatic heterocycles. The molecular formula is C72H104N16O15S. The summed E-state index contributed by atoms with van der Waals surface area (Å²) in [4.78, 5) is 198. The molecule has 104 heavy (non-hydrogen) atoms. The highest BCUT2D eigenvalue weighted by Crippen LogP contribution is 2.23. The van der Waals surface area contributed by atoms with Crippen LogP contribution in [0.3, 0.4) is 0 Å². The van der Waals surface area contributed by atoms with Crippen molar-refractivity contribution in [3.63, 3.8) is 0 Å². The van der Waals surface area contributed by atoms with E-state index in [1.165, 1.54) is 38.1 Å². The number of fused-ring (bicyclic) bond motifs is 2. The van der Waals surface area contributed by atoms with Gasteiger partial charge in [-0.3, -0.25) is 62.3 Å². The minimum atomic E-state index is -1.60. The van der Waals surface area contributed by atoms with Crippen LogP contribution in [0.1, 0.15) is 144 Å². The molecule has 2 aromatic carbocycles. The van der Waals surface area contributed by atoms with Crippen molar-refractivity contribution in [2.75, 3.05) is 11.5 Å². The van der Waals surface area contributed by atoms with E-state index in [0.717, 1.165) is 10.9 Å². The first-order chi connectivity index (χ1) is 49.1. The highest BCUT2D eigenvalue weighted by Gasteiger charge is 2.38. The second-order valence-corrected chi connectivity index (χ2v) is 30.0. The first kappa shape index (κ1) is 83.3. The minimum absolute atomic E-state index is 0.0301. The van der Waals surface area contributed by atoms with E-state index in [9.17, 15) is 72.5 Å². The Labute approximate surface area is 608 Å². The number of thioether (sulfide) groups is 1. The average molecular weight is 1470 g/mol. The maximum Gasteiger partial charge on any atom is 0.303 e. The van der Waals surface area contributed by atoms with Crippen LogP contribution < -0.4 is 64.2 Å². The van der Waals surface area contributed by atoms with Gasteiger partial charge in [0.05, 0.1) is 24.5 Å². The standard InChI is InChI=1S/C72H104N16O15S/c1-37(2)28-52-57(90)21-22-58(91)79-49(20-23-59(92)93)64(96)83-53(29-38(3)4)70(102)86-60(39(5)6)71(103)85-55(31-43-34-76-48-19-15-13-17-46(43)48)67(99)80-50(65(97)87-61(41(8)89)62(73)94)24-26-104-27-25-51(88-72(9,10)11)66(98)78-40(7)63(95)82-54(30-42-33-75-47-18-14-12-16-45(42)47)68(100)84-56(69(101)81-52)32-44-35-74-36-77-44/h12-19,33-41,49-56,60-61,75-76,88-89H,20-32H2,1-11H3,(H2,73,94)(H,74,77)(H,78,98)(H,79,91)(H,80,99)(H,81,101)(H,82,95)(H,83,96)(H,84,100)(H,85,103)(H,86,102)(H,87,97)(H,92,93)/t40-,41+,49-,50-,51-,52-,53-,54-,55-,56-,60-,61-/m0/s1. The molecule has 31 nitrogen and oxygen atoms in total. The van der Waals surface area contributed by atoms with Gasteiger partial charge in [0.15, 0.2) is 5.78 Å². The third-order valence-electron chi connectivity index (χ3n) is 17.5. The molecule has 11 amide bonds. The van der Waals surface area contributed by atoms with Crippen LogP contribution in [0.4, 0.5) is 0 Å². The molecule has 12 atom stereocenters. The molecule has 568 valence electrons. The van der Waals surface area contributed by atoms with Gasteiger partial charge in [-0.2, -0.15) is 11.8 Å². The van der Waals surface area contributed by atoms with Crippen LogP contribution in [0.15, 0.2) is 73.4 Å². The van der Waals surface area contributed by atoms with Crippen LogP contribution in [0.2, 0.25) is 0 Å². The number of nitrogens with zero attached hydrogens (tertiary/aromatic N) is 1. The number of Topliss-reactive ketones (excluding diaryl/α,β-unsaturated/α-hetero) is 1. The van der Waals surface area contributed by atoms with Crippen LogP contribution in [0, 0.1) is 17.8 Å². The van der Waals surface area contributed by atoms with Gasteiger partial charge in [0, 0.05) is 90.2 Å². The summed E-state index contributed by atoms with van der Waals surface area (Å²) in [5.41, 5.74) is 7.96. The number of primary amides is 1. The number of rotatable bonds is 19. The number of carboxylic acids is 1. The second-order valence-electron chi connectivity index (χ2n) is 28.8. The lowest BCUT2D eigenvalue weighted by Crippen LogP contribution is -2.61. The summed E-state index contributed by atoms with van der Waals surface area (Å²) in [5.74, 6) is -12.2. The molecular weight excluding hydrogens is 1360 g/mol. The van der Waals surface area contributed by atoms with Gasteiger partial charge in [0.1, 0.15) is 54.4 Å². The number of carbonyl (C=O) groups is 13. The number of aliphatic carboxylic acids is 1. The maximum absolute atomic E-state index is 15.0. The summed E-state index contributed by atoms with van der Waals surface area (Å²) in [6.45, 7) is 18.6. The number of para-hydroxylation sites is 2. The predicted molar refractivity (Wildman–Crippen MR) is 390 cm³/mol. The molecule has 0 unspecified atom stereocenters. The number of hydrogen-bond acceptors (Lipinski definition) is 17. The first-order valence-electron chi connectivity index (χ1n) is 35.2. The summed E-state index contributed by atoms with van der Waals surface area (Å²) in [6.07, 6.45) is 2.12. The molecule has 4 heterocycles. The summed E-state index contributed by atoms with van der Waals surface area (Å²) >= 11 is 1.29. The van der Waals surface area contributed by atoms with Crippen molar-refractivity contribution >= 4 is 110 Å². The lowest BCUT2D eigenvalue weighted by Gasteiger charge is -2.30. The number of carboxylic acid groups (broad SMARTS) is 1. The number of ketones is 1. The Morgan fingerprint density at radius 1 is 0.596 bits per heavy atom. The zero-order valence-electron chi connectivity index (χ0n) is 60.9. The molecule has 18 N–H and O–H groups in total. The van der Waals surface area contributed by atoms with E-state index in [0.29, 0.717) is 27.7 Å². The highest BCUT2D eigenvalue weighted by atomic mass is 32.2. The summed E-state index contributed by atoms with van der Waals surface area (Å²) in [7, 11) is 0. The molecule has 6 rings (SSSR count). The lowest BCUT2D eigenvalue weighted by molar-refractivity contribution is -0.138. The van der Waals surface area contributed by atoms with Crippen molar-refractivity contribution in [1.82, 2.24) is 78.4 Å². The molecule has 5 aromatic rings. The van der Waals surface area contributed by atoms with Gasteiger partial charge in [0.2, 0.25) is 65.0 Å². The zero-order valence-corrected chi connectivity index (χ0v) is 61.7. The number of carbonyl (C=O) groups excluding carboxylic acids is 12. The van der Waals surface area contributed by atoms with Crippen molar-refractivity contribution in [2.24, 2.45) is 23.5 Å². The fourth-order valence-electron chi connectivity index (χ4n) is 12.0. The Kier molecular flexibility index (Phi) is 31.4. The fourth-order valence-corrected chi connectivity index (χ4v) is 13.0. The normalized spacial score (nSPS) is 23.7. The Balaban J connectivity index is 1.39. The van der Waals surface area contributed by atoms with E-state index in [1.807, 2.05) is 39.0 Å². The van der Waals surface area contributed by atoms with Crippen molar-refractivity contribution in [2.45, 2.75) is 225 Å². The van der Waals surface area contributed by atoms with E-state index in [2.05, 4.69) is 78.4 Å². The van der Waals surface area contributed by atoms with E-state index < -0.39 is 186 Å². The number of amides is 11. The third-order valence-corrected chi connectivity index (χ3v) is 18.5. The number of benzene rings is 2. The number of aromatic nitrogens is 4. The third kappa shape index (κ3) is 25.9. The SMILES string of the molecule is CC(C)C[C@@H]1NC(=O)[C@H](Cc2cnc[nH]2)NC(=O)[C@H](Cc2c[nH]c3ccccc23)NC(=O)[C@H](C)NC(=O)[C@@H](NC(C)(C)C)CCSCC[C@@H](C(=O)N[C@H](C(N)=O)[C@@H](C)O)NC(=O)[C@H](Cc2c[nH]c3ccccc23)NC(=O)[C@H](C(C)C)NC(=O)[C@H](CC(C)C)NC(=O)[C@H](CCC(=O)O)NC(=O)CCC1=O. The number of aliphatic hydroxyl groups is 1. The number of hydrogen-bond donors (Lipinski definition) is 17. The van der Waals surface area contributed by atoms with Crippen molar-refractivity contribution in [3.05, 3.63) is 90.3 Å². The van der Waals surface area contributed by atoms with Gasteiger partial charge in [-0.05, 0) is 119 Å². The van der Waals surface area contributed by atoms with Crippen LogP contribution in [0.5, 0.6) is 0 Å². The van der Waals surface area contributed by atoms with E-state index in [-0.39, 0.29) is 68.3 Å². The van der Waals surface area contributed by atoms with Crippen molar-refractivity contribution in [1.29, 1.82) is 0 Å². The van der Waals surface area contributed by atoms with Crippen LogP contribution in [-0.4, -0.2) is 196 Å². The lowest BCUT2D eigenvalue weighted by atomic mass is 9.96. The van der Waals surface area contributed by atoms with E-state index >= 15 is 0 Å². The smallest absolute Gasteiger partial charge is 0.303 e. The Hall–Kier alpha value is -9.69. The van der Waals surface area contributed by atoms with Crippen LogP contribution in [-0.2, 0) is 81.6 Å².